The summed E-state index contributed by atoms with van der Waals surface area (Å²) < 4.78 is 33.7. The van der Waals surface area contributed by atoms with E-state index >= 15 is 0 Å². The second-order valence-corrected chi connectivity index (χ2v) is 20.5. The molecule has 0 aromatic carbocycles. The van der Waals surface area contributed by atoms with E-state index in [0.717, 1.165) is 83.5 Å². The average molecular weight is 987 g/mol. The van der Waals surface area contributed by atoms with Gasteiger partial charge in [0.1, 0.15) is 43.2 Å². The molecule has 1 rings (SSSR count). The molecule has 6 unspecified atom stereocenters. The van der Waals surface area contributed by atoms with Crippen molar-refractivity contribution in [3.63, 3.8) is 0 Å². The second kappa shape index (κ2) is 43.8. The number of hydrogen-bond donors (Lipinski definition) is 6. The van der Waals surface area contributed by atoms with Crippen LogP contribution in [0.2, 0.25) is 0 Å². The van der Waals surface area contributed by atoms with Gasteiger partial charge in [0.05, 0.1) is 6.61 Å². The third-order valence-electron chi connectivity index (χ3n) is 12.7. The third kappa shape index (κ3) is 35.2. The SMILES string of the molecule is CC/C=C\C/C=C\C/C=C\CCCCCCCCCC(=O)OC(COC(=O)CCCCCCCCCCCCCCCCCCCCCCCC)COP(=O)(O)OC1C(O)C(O)C(O)C(O)C1O. The quantitative estimate of drug-likeness (QED) is 0.0145. The molecule has 0 aromatic rings. The zero-order valence-corrected chi connectivity index (χ0v) is 43.6. The minimum Gasteiger partial charge on any atom is -0.462 e. The molecule has 1 aliphatic rings. The average Bonchev–Trinajstić information content (AvgIpc) is 3.32. The fourth-order valence-corrected chi connectivity index (χ4v) is 9.39. The molecule has 1 aliphatic carbocycles. The van der Waals surface area contributed by atoms with Crippen LogP contribution >= 0.6 is 7.82 Å². The number of allylic oxidation sites excluding steroid dienone is 6. The Kier molecular flexibility index (Phi) is 41.3. The Bertz CT molecular complexity index is 1330. The van der Waals surface area contributed by atoms with Gasteiger partial charge in [-0.1, -0.05) is 217 Å². The maximum Gasteiger partial charge on any atom is 0.472 e. The van der Waals surface area contributed by atoms with Gasteiger partial charge in [-0.15, -0.1) is 0 Å². The summed E-state index contributed by atoms with van der Waals surface area (Å²) in [7, 11) is -5.13. The fraction of sp³-hybridized carbons (Fsp3) is 0.852. The molecule has 0 saturated heterocycles. The van der Waals surface area contributed by atoms with Gasteiger partial charge < -0.3 is 39.9 Å². The molecule has 398 valence electrons. The molecule has 1 saturated carbocycles. The van der Waals surface area contributed by atoms with Crippen LogP contribution in [0.5, 0.6) is 0 Å². The lowest BCUT2D eigenvalue weighted by Gasteiger charge is -2.41. The number of hydrogen-bond acceptors (Lipinski definition) is 12. The lowest BCUT2D eigenvalue weighted by atomic mass is 9.85. The molecule has 6 atom stereocenters. The molecule has 0 amide bonds. The summed E-state index contributed by atoms with van der Waals surface area (Å²) in [5, 5.41) is 50.3. The highest BCUT2D eigenvalue weighted by atomic mass is 31.2. The van der Waals surface area contributed by atoms with Gasteiger partial charge in [0.2, 0.25) is 0 Å². The third-order valence-corrected chi connectivity index (χ3v) is 13.7. The Hall–Kier alpha value is -1.93. The number of unbranched alkanes of at least 4 members (excludes halogenated alkanes) is 28. The fourth-order valence-electron chi connectivity index (χ4n) is 8.42. The van der Waals surface area contributed by atoms with Crippen molar-refractivity contribution < 1.29 is 63.1 Å². The summed E-state index contributed by atoms with van der Waals surface area (Å²) >= 11 is 0. The summed E-state index contributed by atoms with van der Waals surface area (Å²) in [6.07, 6.45) is 39.1. The predicted octanol–water partition coefficient (Wildman–Crippen LogP) is 12.1. The molecule has 6 N–H and O–H groups in total. The zero-order valence-electron chi connectivity index (χ0n) is 42.7. The molecule has 13 nitrogen and oxygen atoms in total. The number of aliphatic hydroxyl groups excluding tert-OH is 5. The number of phosphoric ester groups is 1. The van der Waals surface area contributed by atoms with Gasteiger partial charge >= 0.3 is 19.8 Å². The van der Waals surface area contributed by atoms with Gasteiger partial charge in [0.25, 0.3) is 0 Å². The van der Waals surface area contributed by atoms with Crippen LogP contribution in [0, 0.1) is 0 Å². The molecule has 0 aromatic heterocycles. The van der Waals surface area contributed by atoms with Crippen LogP contribution in [-0.4, -0.2) is 98.3 Å². The number of phosphoric acid groups is 1. The van der Waals surface area contributed by atoms with Gasteiger partial charge in [-0.2, -0.15) is 0 Å². The summed E-state index contributed by atoms with van der Waals surface area (Å²) in [5.74, 6) is -1.10. The van der Waals surface area contributed by atoms with Gasteiger partial charge in [0.15, 0.2) is 6.10 Å². The van der Waals surface area contributed by atoms with E-state index in [4.69, 9.17) is 18.5 Å². The lowest BCUT2D eigenvalue weighted by Crippen LogP contribution is -2.64. The molecule has 0 radical (unpaired) electrons. The van der Waals surface area contributed by atoms with Crippen molar-refractivity contribution in [1.82, 2.24) is 0 Å². The highest BCUT2D eigenvalue weighted by Gasteiger charge is 2.51. The van der Waals surface area contributed by atoms with Crippen LogP contribution in [0.3, 0.4) is 0 Å². The zero-order chi connectivity index (χ0) is 49.9. The van der Waals surface area contributed by atoms with Crippen molar-refractivity contribution in [2.45, 2.75) is 281 Å². The first kappa shape index (κ1) is 64.1. The van der Waals surface area contributed by atoms with Crippen LogP contribution in [0.4, 0.5) is 0 Å². The van der Waals surface area contributed by atoms with Gasteiger partial charge in [-0.05, 0) is 44.9 Å². The summed E-state index contributed by atoms with van der Waals surface area (Å²) in [4.78, 5) is 35.9. The second-order valence-electron chi connectivity index (χ2n) is 19.1. The monoisotopic (exact) mass is 987 g/mol. The van der Waals surface area contributed by atoms with E-state index in [1.165, 1.54) is 116 Å². The summed E-state index contributed by atoms with van der Waals surface area (Å²) in [6, 6.07) is 0. The Morgan fingerprint density at radius 2 is 0.838 bits per heavy atom. The number of carbonyl (C=O) groups excluding carboxylic acids is 2. The van der Waals surface area contributed by atoms with E-state index < -0.39 is 75.7 Å². The van der Waals surface area contributed by atoms with Crippen LogP contribution in [0.1, 0.15) is 239 Å². The molecule has 0 aliphatic heterocycles. The maximum absolute atomic E-state index is 12.9. The molecule has 14 heteroatoms. The Balaban J connectivity index is 2.34. The first-order valence-electron chi connectivity index (χ1n) is 27.3. The van der Waals surface area contributed by atoms with E-state index in [0.29, 0.717) is 12.8 Å². The predicted molar refractivity (Wildman–Crippen MR) is 272 cm³/mol. The first-order chi connectivity index (χ1) is 32.9. The van der Waals surface area contributed by atoms with Gasteiger partial charge in [-0.3, -0.25) is 18.6 Å². The number of rotatable bonds is 46. The topological polar surface area (TPSA) is 210 Å². The lowest BCUT2D eigenvalue weighted by molar-refractivity contribution is -0.220. The highest BCUT2D eigenvalue weighted by molar-refractivity contribution is 7.47. The van der Waals surface area contributed by atoms with Crippen molar-refractivity contribution in [2.75, 3.05) is 13.2 Å². The molecule has 0 bridgehead atoms. The first-order valence-corrected chi connectivity index (χ1v) is 28.8. The largest absolute Gasteiger partial charge is 0.472 e. The molecule has 1 fully saturated rings. The Morgan fingerprint density at radius 1 is 0.471 bits per heavy atom. The number of carbonyl (C=O) groups is 2. The van der Waals surface area contributed by atoms with E-state index in [2.05, 4.69) is 50.3 Å². The van der Waals surface area contributed by atoms with Gasteiger partial charge in [-0.25, -0.2) is 4.57 Å². The van der Waals surface area contributed by atoms with Crippen LogP contribution in [-0.2, 0) is 32.7 Å². The number of esters is 2. The summed E-state index contributed by atoms with van der Waals surface area (Å²) in [6.45, 7) is 3.23. The molecule has 0 spiro atoms. The standard InChI is InChI=1S/C54H99O13P/c1-3-5-7-9-11-13-15-17-19-21-22-23-24-25-27-28-30-32-34-36-38-40-42-47(55)64-44-46(45-65-68(62,63)67-54-52(60)50(58)49(57)51(59)53(54)61)66-48(56)43-41-39-37-35-33-31-29-26-20-18-16-14-12-10-8-6-4-2/h6,8,12,14,18,20,46,49-54,57-61H,3-5,7,9-11,13,15-17,19,21-45H2,1-2H3,(H,62,63)/b8-6-,14-12-,20-18-. The van der Waals surface area contributed by atoms with E-state index in [9.17, 15) is 44.6 Å². The Labute approximate surface area is 412 Å². The van der Waals surface area contributed by atoms with Crippen molar-refractivity contribution in [1.29, 1.82) is 0 Å². The minimum absolute atomic E-state index is 0.0872. The van der Waals surface area contributed by atoms with Crippen LogP contribution in [0.25, 0.3) is 0 Å². The van der Waals surface area contributed by atoms with E-state index in [1.54, 1.807) is 0 Å². The molecular formula is C54H99O13P. The van der Waals surface area contributed by atoms with E-state index in [-0.39, 0.29) is 12.8 Å². The summed E-state index contributed by atoms with van der Waals surface area (Å²) in [5.41, 5.74) is 0. The highest BCUT2D eigenvalue weighted by Crippen LogP contribution is 2.47. The number of ether oxygens (including phenoxy) is 2. The van der Waals surface area contributed by atoms with Crippen molar-refractivity contribution in [2.24, 2.45) is 0 Å². The molecule has 0 heterocycles. The van der Waals surface area contributed by atoms with Crippen LogP contribution in [0.15, 0.2) is 36.5 Å². The maximum atomic E-state index is 12.9. The van der Waals surface area contributed by atoms with Crippen molar-refractivity contribution in [3.05, 3.63) is 36.5 Å². The van der Waals surface area contributed by atoms with Crippen molar-refractivity contribution >= 4 is 19.8 Å². The molecular weight excluding hydrogens is 888 g/mol. The molecule has 68 heavy (non-hydrogen) atoms. The Morgan fingerprint density at radius 3 is 1.28 bits per heavy atom. The smallest absolute Gasteiger partial charge is 0.462 e. The van der Waals surface area contributed by atoms with Gasteiger partial charge in [0, 0.05) is 12.8 Å². The number of aliphatic hydroxyl groups is 5. The van der Waals surface area contributed by atoms with Crippen LogP contribution < -0.4 is 0 Å². The minimum atomic E-state index is -5.13. The normalized spacial score (nSPS) is 21.2. The van der Waals surface area contributed by atoms with Crippen molar-refractivity contribution in [3.8, 4) is 0 Å². The van der Waals surface area contributed by atoms with E-state index in [1.807, 2.05) is 0 Å².